The van der Waals surface area contributed by atoms with E-state index < -0.39 is 60.6 Å². The Bertz CT molecular complexity index is 2130. The zero-order valence-corrected chi connectivity index (χ0v) is 33.9. The van der Waals surface area contributed by atoms with E-state index in [1.54, 1.807) is 23.2 Å². The minimum atomic E-state index is -4.85. The van der Waals surface area contributed by atoms with Gasteiger partial charge in [-0.3, -0.25) is 23.7 Å². The third-order valence-electron chi connectivity index (χ3n) is 9.64. The lowest BCUT2D eigenvalue weighted by molar-refractivity contribution is -0.142. The van der Waals surface area contributed by atoms with Crippen molar-refractivity contribution in [3.63, 3.8) is 0 Å². The monoisotopic (exact) mass is 850 g/mol. The average molecular weight is 851 g/mol. The topological polar surface area (TPSA) is 182 Å². The Morgan fingerprint density at radius 3 is 2.52 bits per heavy atom. The quantitative estimate of drug-likeness (QED) is 0.0963. The largest absolute Gasteiger partial charge is 0.404 e. The number of carbonyl (C=O) groups is 4. The highest BCUT2D eigenvalue weighted by atomic mass is 35.5. The maximum atomic E-state index is 15.5. The van der Waals surface area contributed by atoms with Gasteiger partial charge in [-0.1, -0.05) is 29.8 Å². The highest BCUT2D eigenvalue weighted by molar-refractivity contribution is 7.54. The Morgan fingerprint density at radius 2 is 1.82 bits per heavy atom. The average Bonchev–Trinajstić information content (AvgIpc) is 3.92. The molecule has 56 heavy (non-hydrogen) atoms. The molecule has 2 aliphatic heterocycles. The Hall–Kier alpha value is -3.83. The highest BCUT2D eigenvalue weighted by Crippen LogP contribution is 2.67. The lowest BCUT2D eigenvalue weighted by Gasteiger charge is -2.35. The molecule has 2 aliphatic rings. The molecule has 2 aromatic heterocycles. The van der Waals surface area contributed by atoms with Gasteiger partial charge in [0.1, 0.15) is 17.1 Å². The Balaban J connectivity index is 1.18. The first-order valence-corrected chi connectivity index (χ1v) is 21.7. The lowest BCUT2D eigenvalue weighted by atomic mass is 10.1. The van der Waals surface area contributed by atoms with Gasteiger partial charge in [0.2, 0.25) is 17.7 Å². The van der Waals surface area contributed by atoms with Crippen molar-refractivity contribution in [3.8, 4) is 10.4 Å². The number of rotatable bonds is 15. The molecule has 0 saturated carbocycles. The fraction of sp³-hybridized carbons (Fsp3) is 0.432. The molecular formula is C37H42ClF2N6O7PS2. The van der Waals surface area contributed by atoms with Gasteiger partial charge in [0, 0.05) is 40.5 Å². The number of hydrogen-bond acceptors (Lipinski definition) is 11. The number of benzene rings is 2. The summed E-state index contributed by atoms with van der Waals surface area (Å²) in [7, 11) is -4.85. The number of thiophene rings is 1. The van der Waals surface area contributed by atoms with E-state index in [9.17, 15) is 23.7 Å². The smallest absolute Gasteiger partial charge is 0.370 e. The van der Waals surface area contributed by atoms with E-state index in [-0.39, 0.29) is 43.5 Å². The number of alkyl halides is 2. The summed E-state index contributed by atoms with van der Waals surface area (Å²) in [6.07, 6.45) is 3.45. The summed E-state index contributed by atoms with van der Waals surface area (Å²) in [6.45, 7) is 3.03. The van der Waals surface area contributed by atoms with E-state index in [0.717, 1.165) is 33.9 Å². The molecule has 4 aromatic rings. The van der Waals surface area contributed by atoms with Gasteiger partial charge in [0.15, 0.2) is 0 Å². The summed E-state index contributed by atoms with van der Waals surface area (Å²) in [6, 6.07) is 9.56. The van der Waals surface area contributed by atoms with E-state index in [1.807, 2.05) is 12.1 Å². The van der Waals surface area contributed by atoms with Crippen molar-refractivity contribution in [3.05, 3.63) is 75.2 Å². The number of primary amides is 1. The van der Waals surface area contributed by atoms with Gasteiger partial charge in [-0.25, -0.2) is 4.98 Å². The third kappa shape index (κ3) is 8.99. The molecule has 19 heteroatoms. The normalized spacial score (nSPS) is 19.6. The first kappa shape index (κ1) is 41.8. The molecule has 5 N–H and O–H groups in total. The second-order valence-corrected chi connectivity index (χ2v) is 18.0. The minimum absolute atomic E-state index is 0.000659. The summed E-state index contributed by atoms with van der Waals surface area (Å²) in [4.78, 5) is 60.8. The van der Waals surface area contributed by atoms with E-state index in [1.165, 1.54) is 37.3 Å². The Kier molecular flexibility index (Phi) is 13.3. The summed E-state index contributed by atoms with van der Waals surface area (Å²) >= 11 is 8.46. The van der Waals surface area contributed by atoms with Gasteiger partial charge in [0.25, 0.3) is 5.91 Å². The van der Waals surface area contributed by atoms with E-state index >= 15 is 8.78 Å². The number of nitrogens with one attached hydrogen (secondary N) is 3. The van der Waals surface area contributed by atoms with Crippen LogP contribution in [0, 0.1) is 0 Å². The van der Waals surface area contributed by atoms with Gasteiger partial charge >= 0.3 is 13.3 Å². The number of carbonyl (C=O) groups excluding carboxylic acids is 4. The molecule has 2 saturated heterocycles. The summed E-state index contributed by atoms with van der Waals surface area (Å²) in [5, 5.41) is 10.5. The van der Waals surface area contributed by atoms with Gasteiger partial charge in [-0.2, -0.15) is 8.78 Å². The van der Waals surface area contributed by atoms with Crippen LogP contribution in [0.3, 0.4) is 0 Å². The second-order valence-electron chi connectivity index (χ2n) is 13.4. The van der Waals surface area contributed by atoms with Crippen LogP contribution in [0.2, 0.25) is 5.02 Å². The summed E-state index contributed by atoms with van der Waals surface area (Å²) in [5.74, 6) is -1.98. The highest BCUT2D eigenvalue weighted by Gasteiger charge is 2.55. The van der Waals surface area contributed by atoms with Crippen molar-refractivity contribution in [2.75, 3.05) is 26.3 Å². The molecule has 0 unspecified atom stereocenters. The Labute approximate surface area is 335 Å². The molecule has 0 radical (unpaired) electrons. The molecule has 4 heterocycles. The molecule has 0 spiro atoms. The Morgan fingerprint density at radius 1 is 1.09 bits per heavy atom. The van der Waals surface area contributed by atoms with Crippen molar-refractivity contribution >= 4 is 75.6 Å². The minimum Gasteiger partial charge on any atom is -0.370 e. The molecule has 0 aliphatic carbocycles. The maximum Gasteiger partial charge on any atom is 0.404 e. The fourth-order valence-corrected chi connectivity index (χ4v) is 10.5. The van der Waals surface area contributed by atoms with Crippen LogP contribution < -0.4 is 21.7 Å². The van der Waals surface area contributed by atoms with Crippen molar-refractivity contribution < 1.29 is 41.6 Å². The van der Waals surface area contributed by atoms with Crippen molar-refractivity contribution in [1.29, 1.82) is 0 Å². The van der Waals surface area contributed by atoms with Gasteiger partial charge in [-0.05, 0) is 87.4 Å². The van der Waals surface area contributed by atoms with Gasteiger partial charge in [0.05, 0.1) is 29.0 Å². The van der Waals surface area contributed by atoms with E-state index in [0.29, 0.717) is 45.9 Å². The fourth-order valence-electron chi connectivity index (χ4n) is 6.93. The SMILES string of the molecule is CCOP(=O)(OCC)C(F)(F)c1ccc2sc(C(=O)N[C@H]3CNCC[C@H]4CC[C@@H](C(=O)N[C@@H](CCC(N)=O)c5ncc(-c6ccc(Cl)cc6)s5)N4C3=O)cc2c1. The molecule has 0 bridgehead atoms. The first-order valence-electron chi connectivity index (χ1n) is 18.2. The zero-order valence-electron chi connectivity index (χ0n) is 30.6. The molecule has 13 nitrogen and oxygen atoms in total. The predicted octanol–water partition coefficient (Wildman–Crippen LogP) is 6.57. The molecule has 6 rings (SSSR count). The van der Waals surface area contributed by atoms with E-state index in [2.05, 4.69) is 20.9 Å². The number of halogens is 3. The third-order valence-corrected chi connectivity index (χ3v) is 14.3. The first-order chi connectivity index (χ1) is 26.7. The maximum absolute atomic E-state index is 15.5. The molecule has 4 atom stereocenters. The summed E-state index contributed by atoms with van der Waals surface area (Å²) in [5.41, 5.74) is 1.82. The van der Waals surface area contributed by atoms with Crippen molar-refractivity contribution in [1.82, 2.24) is 25.8 Å². The van der Waals surface area contributed by atoms with Crippen LogP contribution in [0.15, 0.2) is 54.7 Å². The number of thiazole rings is 1. The van der Waals surface area contributed by atoms with Crippen molar-refractivity contribution in [2.45, 2.75) is 75.8 Å². The predicted molar refractivity (Wildman–Crippen MR) is 211 cm³/mol. The number of nitrogens with two attached hydrogens (primary N) is 1. The van der Waals surface area contributed by atoms with Crippen molar-refractivity contribution in [2.24, 2.45) is 5.73 Å². The molecule has 2 fully saturated rings. The number of hydrogen-bond donors (Lipinski definition) is 4. The van der Waals surface area contributed by atoms with Crippen LogP contribution >= 0.6 is 41.9 Å². The van der Waals surface area contributed by atoms with Crippen LogP contribution in [-0.4, -0.2) is 77.9 Å². The second kappa shape index (κ2) is 17.8. The van der Waals surface area contributed by atoms with Gasteiger partial charge in [-0.15, -0.1) is 22.7 Å². The standard InChI is InChI=1S/C37H42ClF2N6O7PS2/c1-3-52-54(51,53-4-2)37(39,40)23-7-13-29-22(17-23)18-30(55-29)34(49)45-27-19-42-16-15-25-10-12-28(46(25)36(27)50)33(48)44-26(11-14-32(41)47)35-43-20-31(56-35)21-5-8-24(38)9-6-21/h5-9,13,17-18,20,25-28,42H,3-4,10-12,14-16,19H2,1-2H3,(H2,41,47)(H,44,48)(H,45,49)/t25-,26+,27+,28+/m1/s1. The number of nitrogens with zero attached hydrogens (tertiary/aromatic N) is 2. The van der Waals surface area contributed by atoms with Crippen LogP contribution in [-0.2, 0) is 33.7 Å². The van der Waals surface area contributed by atoms with Crippen LogP contribution in [0.4, 0.5) is 8.78 Å². The summed E-state index contributed by atoms with van der Waals surface area (Å²) < 4.78 is 54.4. The number of fused-ring (bicyclic) bond motifs is 2. The molecule has 2 aromatic carbocycles. The lowest BCUT2D eigenvalue weighted by Crippen LogP contribution is -2.60. The van der Waals surface area contributed by atoms with Crippen LogP contribution in [0.5, 0.6) is 0 Å². The van der Waals surface area contributed by atoms with E-state index in [4.69, 9.17) is 26.4 Å². The van der Waals surface area contributed by atoms with Crippen LogP contribution in [0.1, 0.15) is 72.2 Å². The molecule has 4 amide bonds. The van der Waals surface area contributed by atoms with Crippen LogP contribution in [0.25, 0.3) is 20.5 Å². The number of amides is 4. The zero-order chi connectivity index (χ0) is 40.2. The molecule has 300 valence electrons. The van der Waals surface area contributed by atoms with Gasteiger partial charge < -0.3 is 35.6 Å². The number of aromatic nitrogens is 1. The molecular weight excluding hydrogens is 809 g/mol.